The van der Waals surface area contributed by atoms with Gasteiger partial charge in [0.15, 0.2) is 0 Å². The van der Waals surface area contributed by atoms with Crippen molar-refractivity contribution in [2.24, 2.45) is 0 Å². The van der Waals surface area contributed by atoms with Gasteiger partial charge in [-0.05, 0) is 47.3 Å². The number of rotatable bonds is 2. The van der Waals surface area contributed by atoms with Crippen molar-refractivity contribution in [1.82, 2.24) is 4.57 Å². The minimum absolute atomic E-state index is 0.110. The van der Waals surface area contributed by atoms with Gasteiger partial charge in [0.25, 0.3) is 6.71 Å². The number of para-hydroxylation sites is 3. The predicted molar refractivity (Wildman–Crippen MR) is 171 cm³/mol. The van der Waals surface area contributed by atoms with Crippen molar-refractivity contribution in [2.75, 3.05) is 0 Å². The second kappa shape index (κ2) is 8.35. The van der Waals surface area contributed by atoms with E-state index in [1.165, 1.54) is 64.1 Å². The van der Waals surface area contributed by atoms with Gasteiger partial charge in [0.05, 0.1) is 21.4 Å². The van der Waals surface area contributed by atoms with Gasteiger partial charge in [-0.3, -0.25) is 0 Å². The molecule has 1 aliphatic heterocycles. The van der Waals surface area contributed by atoms with Crippen LogP contribution in [0.3, 0.4) is 0 Å². The Bertz CT molecular complexity index is 2230. The number of fused-ring (bicyclic) bond motifs is 8. The van der Waals surface area contributed by atoms with E-state index in [0.29, 0.717) is 0 Å². The monoisotopic (exact) mass is 527 g/mol. The van der Waals surface area contributed by atoms with Crippen LogP contribution in [0.4, 0.5) is 0 Å². The first-order chi connectivity index (χ1) is 19.8. The van der Waals surface area contributed by atoms with Gasteiger partial charge < -0.3 is 9.30 Å². The largest absolute Gasteiger partial charge is 0.458 e. The Morgan fingerprint density at radius 1 is 0.525 bits per heavy atom. The highest BCUT2D eigenvalue weighted by Gasteiger charge is 2.32. The number of benzene rings is 6. The van der Waals surface area contributed by atoms with Gasteiger partial charge in [-0.25, -0.2) is 0 Å². The maximum atomic E-state index is 6.31. The molecule has 0 saturated heterocycles. The zero-order chi connectivity index (χ0) is 26.2. The summed E-state index contributed by atoms with van der Waals surface area (Å²) in [6.45, 7) is 0.110. The first kappa shape index (κ1) is 22.1. The zero-order valence-corrected chi connectivity index (χ0v) is 22.4. The summed E-state index contributed by atoms with van der Waals surface area (Å²) in [5.74, 6) is 1.87. The summed E-state index contributed by atoms with van der Waals surface area (Å²) in [6, 6.07) is 48.2. The molecule has 40 heavy (non-hydrogen) atoms. The minimum atomic E-state index is 0.110. The van der Waals surface area contributed by atoms with Gasteiger partial charge in [-0.15, -0.1) is 11.3 Å². The van der Waals surface area contributed by atoms with E-state index in [0.717, 1.165) is 11.5 Å². The second-order valence-electron chi connectivity index (χ2n) is 10.5. The van der Waals surface area contributed by atoms with Crippen LogP contribution < -0.4 is 21.1 Å². The Morgan fingerprint density at radius 3 is 2.00 bits per heavy atom. The standard InChI is InChI=1S/C36H22BNOS/c1-5-15-30-24(10-1)27-22-23(37-28-13-3-6-17-33(28)39-34-18-7-4-14-29(34)37)20-21-31(27)38(30)32-16-9-12-26-25-11-2-8-19-35(25)40-36(26)32/h1-22H. The van der Waals surface area contributed by atoms with E-state index in [9.17, 15) is 0 Å². The summed E-state index contributed by atoms with van der Waals surface area (Å²) < 4.78 is 11.4. The molecule has 186 valence electrons. The fourth-order valence-corrected chi connectivity index (χ4v) is 7.81. The van der Waals surface area contributed by atoms with E-state index in [2.05, 4.69) is 138 Å². The lowest BCUT2D eigenvalue weighted by atomic mass is 9.36. The van der Waals surface area contributed by atoms with Crippen LogP contribution in [0.2, 0.25) is 0 Å². The first-order valence-electron chi connectivity index (χ1n) is 13.6. The van der Waals surface area contributed by atoms with E-state index in [1.807, 2.05) is 11.3 Å². The van der Waals surface area contributed by atoms with Crippen LogP contribution in [0, 0.1) is 0 Å². The van der Waals surface area contributed by atoms with Crippen LogP contribution in [0.25, 0.3) is 47.7 Å². The molecule has 0 radical (unpaired) electrons. The Hall–Kier alpha value is -4.80. The van der Waals surface area contributed by atoms with Gasteiger partial charge in [0.2, 0.25) is 0 Å². The maximum absolute atomic E-state index is 6.31. The molecular formula is C36H22BNOS. The summed E-state index contributed by atoms with van der Waals surface area (Å²) in [5.41, 5.74) is 7.38. The number of nitrogens with zero attached hydrogens (tertiary/aromatic N) is 1. The molecule has 0 bridgehead atoms. The highest BCUT2D eigenvalue weighted by atomic mass is 32.1. The van der Waals surface area contributed by atoms with Gasteiger partial charge in [-0.2, -0.15) is 0 Å². The quantitative estimate of drug-likeness (QED) is 0.210. The van der Waals surface area contributed by atoms with Crippen LogP contribution in [0.15, 0.2) is 133 Å². The molecule has 9 rings (SSSR count). The summed E-state index contributed by atoms with van der Waals surface area (Å²) in [5, 5.41) is 5.18. The van der Waals surface area contributed by atoms with E-state index < -0.39 is 0 Å². The Morgan fingerprint density at radius 2 is 1.18 bits per heavy atom. The van der Waals surface area contributed by atoms with Crippen molar-refractivity contribution >= 4 is 76.4 Å². The summed E-state index contributed by atoms with van der Waals surface area (Å²) in [6.07, 6.45) is 0. The van der Waals surface area contributed by atoms with Crippen LogP contribution in [-0.4, -0.2) is 11.3 Å². The molecule has 4 heteroatoms. The number of thiophene rings is 1. The van der Waals surface area contributed by atoms with Gasteiger partial charge in [0, 0.05) is 26.2 Å². The molecule has 0 N–H and O–H groups in total. The molecule has 0 fully saturated rings. The highest BCUT2D eigenvalue weighted by Crippen LogP contribution is 2.40. The molecule has 8 aromatic rings. The third-order valence-electron chi connectivity index (χ3n) is 8.33. The molecule has 6 aromatic carbocycles. The normalized spacial score (nSPS) is 12.7. The molecule has 0 atom stereocenters. The summed E-state index contributed by atoms with van der Waals surface area (Å²) in [4.78, 5) is 0. The van der Waals surface area contributed by atoms with Crippen molar-refractivity contribution in [3.63, 3.8) is 0 Å². The molecule has 0 saturated carbocycles. The SMILES string of the molecule is c1ccc2c(c1)Oc1ccccc1B2c1ccc2c(c1)c1ccccc1n2-c1cccc2c1sc1ccccc12. The van der Waals surface area contributed by atoms with Gasteiger partial charge >= 0.3 is 0 Å². The van der Waals surface area contributed by atoms with E-state index >= 15 is 0 Å². The van der Waals surface area contributed by atoms with E-state index in [-0.39, 0.29) is 6.71 Å². The smallest absolute Gasteiger partial charge is 0.250 e. The molecule has 3 heterocycles. The molecular weight excluding hydrogens is 505 g/mol. The highest BCUT2D eigenvalue weighted by molar-refractivity contribution is 7.26. The zero-order valence-electron chi connectivity index (χ0n) is 21.5. The van der Waals surface area contributed by atoms with Crippen molar-refractivity contribution in [3.8, 4) is 17.2 Å². The fraction of sp³-hybridized carbons (Fsp3) is 0. The predicted octanol–water partition coefficient (Wildman–Crippen LogP) is 7.77. The molecule has 2 nitrogen and oxygen atoms in total. The van der Waals surface area contributed by atoms with Gasteiger partial charge in [0.1, 0.15) is 11.5 Å². The number of hydrogen-bond donors (Lipinski definition) is 0. The van der Waals surface area contributed by atoms with Crippen LogP contribution in [-0.2, 0) is 0 Å². The summed E-state index contributed by atoms with van der Waals surface area (Å²) >= 11 is 1.88. The topological polar surface area (TPSA) is 14.2 Å². The van der Waals surface area contributed by atoms with E-state index in [4.69, 9.17) is 4.74 Å². The van der Waals surface area contributed by atoms with Crippen molar-refractivity contribution < 1.29 is 4.74 Å². The van der Waals surface area contributed by atoms with Crippen molar-refractivity contribution in [3.05, 3.63) is 133 Å². The van der Waals surface area contributed by atoms with Crippen LogP contribution in [0.1, 0.15) is 0 Å². The number of aromatic nitrogens is 1. The third kappa shape index (κ3) is 3.05. The Labute approximate surface area is 235 Å². The molecule has 2 aromatic heterocycles. The molecule has 1 aliphatic rings. The Kier molecular flexibility index (Phi) is 4.61. The molecule has 0 aliphatic carbocycles. The molecule has 0 unspecified atom stereocenters. The lowest BCUT2D eigenvalue weighted by Crippen LogP contribution is -2.54. The average Bonchev–Trinajstić information content (AvgIpc) is 3.55. The second-order valence-corrected chi connectivity index (χ2v) is 11.5. The first-order valence-corrected chi connectivity index (χ1v) is 14.5. The fourth-order valence-electron chi connectivity index (χ4n) is 6.61. The number of hydrogen-bond acceptors (Lipinski definition) is 2. The van der Waals surface area contributed by atoms with Crippen molar-refractivity contribution in [1.29, 1.82) is 0 Å². The molecule has 0 spiro atoms. The van der Waals surface area contributed by atoms with Crippen molar-refractivity contribution in [2.45, 2.75) is 0 Å². The Balaban J connectivity index is 1.33. The van der Waals surface area contributed by atoms with E-state index in [1.54, 1.807) is 0 Å². The average molecular weight is 527 g/mol. The van der Waals surface area contributed by atoms with Crippen LogP contribution >= 0.6 is 11.3 Å². The lowest BCUT2D eigenvalue weighted by Gasteiger charge is -2.26. The third-order valence-corrected chi connectivity index (χ3v) is 9.54. The minimum Gasteiger partial charge on any atom is -0.458 e. The number of ether oxygens (including phenoxy) is 1. The lowest BCUT2D eigenvalue weighted by molar-refractivity contribution is 0.487. The summed E-state index contributed by atoms with van der Waals surface area (Å²) in [7, 11) is 0. The van der Waals surface area contributed by atoms with Crippen LogP contribution in [0.5, 0.6) is 11.5 Å². The van der Waals surface area contributed by atoms with Gasteiger partial charge in [-0.1, -0.05) is 103 Å². The maximum Gasteiger partial charge on any atom is 0.250 e. The molecule has 0 amide bonds.